The third kappa shape index (κ3) is 5.11. The summed E-state index contributed by atoms with van der Waals surface area (Å²) in [5.74, 6) is 1.18. The highest BCUT2D eigenvalue weighted by Crippen LogP contribution is 2.22. The summed E-state index contributed by atoms with van der Waals surface area (Å²) < 4.78 is 31.3. The highest BCUT2D eigenvalue weighted by molar-refractivity contribution is 7.89. The number of nitrogens with one attached hydrogen (secondary N) is 1. The number of carbonyl (C=O) groups is 2. The van der Waals surface area contributed by atoms with Crippen LogP contribution in [0.1, 0.15) is 43.0 Å². The fourth-order valence-corrected chi connectivity index (χ4v) is 3.72. The van der Waals surface area contributed by atoms with Gasteiger partial charge in [0.25, 0.3) is 0 Å². The summed E-state index contributed by atoms with van der Waals surface area (Å²) in [4.78, 5) is 24.7. The van der Waals surface area contributed by atoms with Crippen molar-refractivity contribution in [3.8, 4) is 12.3 Å². The summed E-state index contributed by atoms with van der Waals surface area (Å²) in [5.41, 5.74) is 4.69. The number of ether oxygens (including phenoxy) is 1. The Morgan fingerprint density at radius 2 is 1.66 bits per heavy atom. The largest absolute Gasteiger partial charge is 0.454 e. The summed E-state index contributed by atoms with van der Waals surface area (Å²) in [5, 5.41) is 0. The van der Waals surface area contributed by atoms with Crippen LogP contribution in [0.4, 0.5) is 0 Å². The number of Topliss-reactive ketones (excluding diaryl/α,β-unsaturated/α-hetero) is 1. The van der Waals surface area contributed by atoms with Crippen molar-refractivity contribution < 1.29 is 22.7 Å². The average molecular weight is 413 g/mol. The number of ketones is 1. The van der Waals surface area contributed by atoms with Crippen molar-refractivity contribution in [3.63, 3.8) is 0 Å². The van der Waals surface area contributed by atoms with Crippen molar-refractivity contribution in [3.05, 3.63) is 63.7 Å². The smallest absolute Gasteiger partial charge is 0.338 e. The third-order valence-electron chi connectivity index (χ3n) is 4.88. The van der Waals surface area contributed by atoms with Gasteiger partial charge in [0.15, 0.2) is 6.61 Å². The molecule has 0 amide bonds. The predicted molar refractivity (Wildman–Crippen MR) is 110 cm³/mol. The molecule has 2 aromatic carbocycles. The Bertz CT molecular complexity index is 1090. The van der Waals surface area contributed by atoms with Crippen molar-refractivity contribution in [1.82, 2.24) is 4.72 Å². The van der Waals surface area contributed by atoms with Gasteiger partial charge in [-0.15, -0.1) is 6.42 Å². The van der Waals surface area contributed by atoms with Crippen molar-refractivity contribution in [2.24, 2.45) is 0 Å². The molecule has 1 N–H and O–H groups in total. The minimum Gasteiger partial charge on any atom is -0.454 e. The number of sulfonamides is 1. The van der Waals surface area contributed by atoms with Crippen LogP contribution in [0.5, 0.6) is 0 Å². The van der Waals surface area contributed by atoms with Crippen molar-refractivity contribution in [2.75, 3.05) is 13.2 Å². The Kier molecular flexibility index (Phi) is 6.96. The van der Waals surface area contributed by atoms with Gasteiger partial charge in [0, 0.05) is 5.56 Å². The number of aryl methyl sites for hydroxylation is 1. The highest BCUT2D eigenvalue weighted by Gasteiger charge is 2.18. The maximum Gasteiger partial charge on any atom is 0.338 e. The third-order valence-corrected chi connectivity index (χ3v) is 6.30. The number of terminal acetylenes is 1. The maximum absolute atomic E-state index is 12.5. The number of carbonyl (C=O) groups excluding carboxylic acids is 2. The zero-order valence-electron chi connectivity index (χ0n) is 16.8. The molecule has 0 saturated carbocycles. The summed E-state index contributed by atoms with van der Waals surface area (Å²) in [6.07, 6.45) is 5.04. The molecule has 6 nitrogen and oxygen atoms in total. The fourth-order valence-electron chi connectivity index (χ4n) is 2.78. The van der Waals surface area contributed by atoms with E-state index in [4.69, 9.17) is 11.2 Å². The van der Waals surface area contributed by atoms with E-state index in [1.54, 1.807) is 6.07 Å². The molecule has 0 aliphatic rings. The Morgan fingerprint density at radius 1 is 1.03 bits per heavy atom. The molecule has 0 atom stereocenters. The molecule has 2 aromatic rings. The van der Waals surface area contributed by atoms with E-state index in [0.29, 0.717) is 5.56 Å². The maximum atomic E-state index is 12.5. The molecule has 7 heteroatoms. The van der Waals surface area contributed by atoms with Gasteiger partial charge in [-0.3, -0.25) is 4.79 Å². The van der Waals surface area contributed by atoms with Crippen LogP contribution in [-0.4, -0.2) is 33.3 Å². The van der Waals surface area contributed by atoms with Gasteiger partial charge in [0.1, 0.15) is 0 Å². The quantitative estimate of drug-likeness (QED) is 0.428. The minimum atomic E-state index is -3.74. The molecule has 0 radical (unpaired) electrons. The van der Waals surface area contributed by atoms with Gasteiger partial charge in [0.2, 0.25) is 15.8 Å². The van der Waals surface area contributed by atoms with Crippen LogP contribution in [-0.2, 0) is 14.8 Å². The van der Waals surface area contributed by atoms with Gasteiger partial charge in [0.05, 0.1) is 17.0 Å². The molecule has 2 rings (SSSR count). The van der Waals surface area contributed by atoms with Gasteiger partial charge in [-0.25, -0.2) is 13.2 Å². The molecular weight excluding hydrogens is 390 g/mol. The van der Waals surface area contributed by atoms with Gasteiger partial charge in [-0.1, -0.05) is 5.92 Å². The van der Waals surface area contributed by atoms with E-state index in [1.165, 1.54) is 24.3 Å². The second-order valence-corrected chi connectivity index (χ2v) is 8.44. The van der Waals surface area contributed by atoms with Gasteiger partial charge in [-0.2, -0.15) is 4.72 Å². The minimum absolute atomic E-state index is 0.0263. The van der Waals surface area contributed by atoms with E-state index >= 15 is 0 Å². The summed E-state index contributed by atoms with van der Waals surface area (Å²) >= 11 is 0. The highest BCUT2D eigenvalue weighted by atomic mass is 32.2. The first-order valence-electron chi connectivity index (χ1n) is 8.89. The van der Waals surface area contributed by atoms with Crippen LogP contribution in [0, 0.1) is 40.0 Å². The second kappa shape index (κ2) is 9.03. The molecule has 0 bridgehead atoms. The van der Waals surface area contributed by atoms with Crippen molar-refractivity contribution in [2.45, 2.75) is 32.6 Å². The van der Waals surface area contributed by atoms with Crippen LogP contribution in [0.3, 0.4) is 0 Å². The Balaban J connectivity index is 2.08. The van der Waals surface area contributed by atoms with E-state index < -0.39 is 22.6 Å². The van der Waals surface area contributed by atoms with Crippen LogP contribution in [0.15, 0.2) is 35.2 Å². The summed E-state index contributed by atoms with van der Waals surface area (Å²) in [6.45, 7) is 7.21. The molecule has 0 unspecified atom stereocenters. The lowest BCUT2D eigenvalue weighted by molar-refractivity contribution is 0.0474. The Hall–Kier alpha value is -2.95. The van der Waals surface area contributed by atoms with E-state index in [0.717, 1.165) is 22.3 Å². The summed E-state index contributed by atoms with van der Waals surface area (Å²) in [6, 6.07) is 6.99. The number of benzene rings is 2. The van der Waals surface area contributed by atoms with Crippen molar-refractivity contribution in [1.29, 1.82) is 0 Å². The van der Waals surface area contributed by atoms with E-state index in [2.05, 4.69) is 10.6 Å². The molecule has 0 fully saturated rings. The number of rotatable bonds is 7. The van der Waals surface area contributed by atoms with Gasteiger partial charge in [-0.05, 0) is 80.3 Å². The Morgan fingerprint density at radius 3 is 2.24 bits per heavy atom. The molecule has 0 aromatic heterocycles. The second-order valence-electron chi connectivity index (χ2n) is 6.67. The molecule has 152 valence electrons. The first kappa shape index (κ1) is 22.3. The number of hydrogen-bond acceptors (Lipinski definition) is 5. The van der Waals surface area contributed by atoms with Crippen LogP contribution < -0.4 is 4.72 Å². The first-order valence-corrected chi connectivity index (χ1v) is 10.4. The molecule has 0 saturated heterocycles. The average Bonchev–Trinajstić information content (AvgIpc) is 2.71. The lowest BCUT2D eigenvalue weighted by atomic mass is 9.93. The molecule has 0 spiro atoms. The molecule has 29 heavy (non-hydrogen) atoms. The first-order chi connectivity index (χ1) is 13.6. The normalized spacial score (nSPS) is 11.0. The van der Waals surface area contributed by atoms with Gasteiger partial charge >= 0.3 is 5.97 Å². The summed E-state index contributed by atoms with van der Waals surface area (Å²) in [7, 11) is -3.74. The Labute approximate surface area is 171 Å². The SMILES string of the molecule is C#CCNS(=O)(=O)c1ccc(C(=O)OCC(=O)c2cc(C)c(C)c(C)c2C)cc1. The van der Waals surface area contributed by atoms with Crippen molar-refractivity contribution >= 4 is 21.8 Å². The predicted octanol–water partition coefficient (Wildman–Crippen LogP) is 2.87. The molecule has 0 heterocycles. The molecular formula is C22H23NO5S. The zero-order valence-corrected chi connectivity index (χ0v) is 17.6. The van der Waals surface area contributed by atoms with Gasteiger partial charge < -0.3 is 4.74 Å². The molecule has 0 aliphatic carbocycles. The fraction of sp³-hybridized carbons (Fsp3) is 0.273. The van der Waals surface area contributed by atoms with Crippen LogP contribution in [0.25, 0.3) is 0 Å². The number of hydrogen-bond donors (Lipinski definition) is 1. The topological polar surface area (TPSA) is 89.5 Å². The standard InChI is InChI=1S/C22H23NO5S/c1-6-11-23-29(26,27)19-9-7-18(8-10-19)22(25)28-13-21(24)20-12-14(2)15(3)16(4)17(20)5/h1,7-10,12,23H,11,13H2,2-5H3. The van der Waals surface area contributed by atoms with Crippen LogP contribution >= 0.6 is 0 Å². The van der Waals surface area contributed by atoms with Crippen LogP contribution in [0.2, 0.25) is 0 Å². The number of esters is 1. The lowest BCUT2D eigenvalue weighted by Gasteiger charge is -2.13. The molecule has 0 aliphatic heterocycles. The van der Waals surface area contributed by atoms with E-state index in [-0.39, 0.29) is 22.8 Å². The zero-order chi connectivity index (χ0) is 21.8. The van der Waals surface area contributed by atoms with E-state index in [9.17, 15) is 18.0 Å². The lowest BCUT2D eigenvalue weighted by Crippen LogP contribution is -2.24. The van der Waals surface area contributed by atoms with E-state index in [1.807, 2.05) is 27.7 Å². The monoisotopic (exact) mass is 413 g/mol.